The molecule has 2 aromatic rings. The number of carbonyl (C=O) groups is 1. The van der Waals surface area contributed by atoms with Gasteiger partial charge in [-0.05, 0) is 23.8 Å². The molecule has 1 aromatic heterocycles. The van der Waals surface area contributed by atoms with Gasteiger partial charge in [-0.1, -0.05) is 24.6 Å². The molecule has 1 amide bonds. The SMILES string of the molecule is CC1C(CF)(CF)Oc2ccc(-c3cncc(Cl)c3)cc2C12N=C(N)NC2=O. The smallest absolute Gasteiger partial charge is 0.259 e. The number of nitrogens with zero attached hydrogens (tertiary/aromatic N) is 2. The Morgan fingerprint density at radius 1 is 1.25 bits per heavy atom. The lowest BCUT2D eigenvalue weighted by molar-refractivity contribution is -0.135. The summed E-state index contributed by atoms with van der Waals surface area (Å²) in [5, 5.41) is 2.91. The first-order valence-electron chi connectivity index (χ1n) is 8.59. The van der Waals surface area contributed by atoms with Crippen molar-refractivity contribution in [3.05, 3.63) is 47.2 Å². The Balaban J connectivity index is 1.96. The van der Waals surface area contributed by atoms with Crippen LogP contribution in [0, 0.1) is 5.92 Å². The van der Waals surface area contributed by atoms with Gasteiger partial charge in [-0.3, -0.25) is 15.1 Å². The molecule has 0 radical (unpaired) electrons. The van der Waals surface area contributed by atoms with E-state index in [0.29, 0.717) is 21.7 Å². The summed E-state index contributed by atoms with van der Waals surface area (Å²) in [6.07, 6.45) is 3.12. The van der Waals surface area contributed by atoms with Crippen molar-refractivity contribution in [2.45, 2.75) is 18.1 Å². The number of ether oxygens (including phenoxy) is 1. The molecule has 2 unspecified atom stereocenters. The Hall–Kier alpha value is -2.74. The number of aliphatic imine (C=N–C) groups is 1. The van der Waals surface area contributed by atoms with Crippen molar-refractivity contribution < 1.29 is 18.3 Å². The van der Waals surface area contributed by atoms with E-state index in [0.717, 1.165) is 0 Å². The number of benzene rings is 1. The number of amides is 1. The number of rotatable bonds is 3. The molecule has 1 spiro atoms. The highest BCUT2D eigenvalue weighted by Gasteiger charge is 2.62. The van der Waals surface area contributed by atoms with Crippen LogP contribution in [-0.4, -0.2) is 35.8 Å². The van der Waals surface area contributed by atoms with E-state index in [1.165, 1.54) is 13.1 Å². The Morgan fingerprint density at radius 3 is 2.61 bits per heavy atom. The molecule has 0 saturated heterocycles. The monoisotopic (exact) mass is 406 g/mol. The minimum Gasteiger partial charge on any atom is -0.481 e. The average molecular weight is 407 g/mol. The highest BCUT2D eigenvalue weighted by Crippen LogP contribution is 2.52. The summed E-state index contributed by atoms with van der Waals surface area (Å²) < 4.78 is 33.6. The van der Waals surface area contributed by atoms with Gasteiger partial charge in [0.25, 0.3) is 5.91 Å². The molecule has 1 aromatic carbocycles. The third-order valence-corrected chi connectivity index (χ3v) is 5.70. The maximum atomic E-state index is 13.9. The normalized spacial score (nSPS) is 25.1. The largest absolute Gasteiger partial charge is 0.481 e. The summed E-state index contributed by atoms with van der Waals surface area (Å²) in [6.45, 7) is -0.694. The van der Waals surface area contributed by atoms with Crippen molar-refractivity contribution in [2.75, 3.05) is 13.3 Å². The van der Waals surface area contributed by atoms with Crippen LogP contribution >= 0.6 is 11.6 Å². The quantitative estimate of drug-likeness (QED) is 0.820. The van der Waals surface area contributed by atoms with Crippen molar-refractivity contribution in [1.29, 1.82) is 0 Å². The molecule has 9 heteroatoms. The van der Waals surface area contributed by atoms with Gasteiger partial charge in [-0.2, -0.15) is 0 Å². The molecule has 3 N–H and O–H groups in total. The molecule has 0 aliphatic carbocycles. The van der Waals surface area contributed by atoms with Gasteiger partial charge >= 0.3 is 0 Å². The number of halogens is 3. The van der Waals surface area contributed by atoms with E-state index in [4.69, 9.17) is 22.1 Å². The lowest BCUT2D eigenvalue weighted by Gasteiger charge is -2.47. The highest BCUT2D eigenvalue weighted by molar-refractivity contribution is 6.30. The number of alkyl halides is 2. The molecular weight excluding hydrogens is 390 g/mol. The van der Waals surface area contributed by atoms with Crippen LogP contribution in [0.5, 0.6) is 5.75 Å². The second-order valence-electron chi connectivity index (χ2n) is 6.98. The zero-order valence-corrected chi connectivity index (χ0v) is 15.6. The zero-order valence-electron chi connectivity index (χ0n) is 14.9. The van der Waals surface area contributed by atoms with Crippen molar-refractivity contribution in [3.8, 4) is 16.9 Å². The number of hydrogen-bond acceptors (Lipinski definition) is 5. The van der Waals surface area contributed by atoms with Gasteiger partial charge in [0.1, 0.15) is 19.1 Å². The third kappa shape index (κ3) is 2.47. The van der Waals surface area contributed by atoms with E-state index < -0.39 is 36.3 Å². The molecule has 146 valence electrons. The molecule has 2 atom stereocenters. The molecule has 0 bridgehead atoms. The highest BCUT2D eigenvalue weighted by atomic mass is 35.5. The molecule has 2 aliphatic rings. The molecule has 2 aliphatic heterocycles. The number of hydrogen-bond donors (Lipinski definition) is 2. The topological polar surface area (TPSA) is 89.6 Å². The molecule has 0 fully saturated rings. The molecule has 4 rings (SSSR count). The first-order valence-corrected chi connectivity index (χ1v) is 8.97. The van der Waals surface area contributed by atoms with Gasteiger partial charge in [0.05, 0.1) is 5.02 Å². The van der Waals surface area contributed by atoms with E-state index in [2.05, 4.69) is 15.3 Å². The molecular formula is C19H17ClF2N4O2. The van der Waals surface area contributed by atoms with Crippen LogP contribution in [0.15, 0.2) is 41.7 Å². The van der Waals surface area contributed by atoms with E-state index >= 15 is 0 Å². The lowest BCUT2D eigenvalue weighted by atomic mass is 9.68. The van der Waals surface area contributed by atoms with Crippen LogP contribution in [0.25, 0.3) is 11.1 Å². The summed E-state index contributed by atoms with van der Waals surface area (Å²) in [7, 11) is 0. The van der Waals surface area contributed by atoms with Crippen LogP contribution in [0.3, 0.4) is 0 Å². The Kier molecular flexibility index (Phi) is 4.26. The summed E-state index contributed by atoms with van der Waals surface area (Å²) in [6, 6.07) is 6.69. The van der Waals surface area contributed by atoms with Crippen LogP contribution < -0.4 is 15.8 Å². The van der Waals surface area contributed by atoms with Crippen molar-refractivity contribution in [2.24, 2.45) is 16.6 Å². The van der Waals surface area contributed by atoms with E-state index in [-0.39, 0.29) is 11.7 Å². The third-order valence-electron chi connectivity index (χ3n) is 5.49. The van der Waals surface area contributed by atoms with Crippen molar-refractivity contribution >= 4 is 23.5 Å². The number of aromatic nitrogens is 1. The lowest BCUT2D eigenvalue weighted by Crippen LogP contribution is -2.60. The number of nitrogens with one attached hydrogen (secondary N) is 1. The fraction of sp³-hybridized carbons (Fsp3) is 0.316. The fourth-order valence-corrected chi connectivity index (χ4v) is 4.04. The first-order chi connectivity index (χ1) is 13.4. The predicted molar refractivity (Wildman–Crippen MR) is 101 cm³/mol. The van der Waals surface area contributed by atoms with Crippen molar-refractivity contribution in [1.82, 2.24) is 10.3 Å². The Bertz CT molecular complexity index is 996. The standard InChI is InChI=1S/C19H17ClF2N4O2/c1-10-18(8-21,9-22)28-15-3-2-11(12-4-13(20)7-24-6-12)5-14(15)19(10)16(27)25-17(23)26-19/h2-7,10H,8-9H2,1H3,(H3,23,25,26,27). The number of nitrogens with two attached hydrogens (primary N) is 1. The number of carbonyl (C=O) groups excluding carboxylic acids is 1. The van der Waals surface area contributed by atoms with Crippen molar-refractivity contribution in [3.63, 3.8) is 0 Å². The van der Waals surface area contributed by atoms with Crippen LogP contribution in [-0.2, 0) is 10.3 Å². The second-order valence-corrected chi connectivity index (χ2v) is 7.41. The summed E-state index contributed by atoms with van der Waals surface area (Å²) >= 11 is 6.03. The minimum atomic E-state index is -1.84. The fourth-order valence-electron chi connectivity index (χ4n) is 3.87. The van der Waals surface area contributed by atoms with Crippen LogP contribution in [0.2, 0.25) is 5.02 Å². The number of fused-ring (bicyclic) bond motifs is 2. The summed E-state index contributed by atoms with van der Waals surface area (Å²) in [5.74, 6) is -1.42. The average Bonchev–Trinajstić information content (AvgIpc) is 2.99. The van der Waals surface area contributed by atoms with Gasteiger partial charge in [0, 0.05) is 29.4 Å². The second kappa shape index (κ2) is 6.41. The number of guanidine groups is 1. The molecule has 3 heterocycles. The maximum Gasteiger partial charge on any atom is 0.259 e. The predicted octanol–water partition coefficient (Wildman–Crippen LogP) is 2.75. The molecule has 28 heavy (non-hydrogen) atoms. The van der Waals surface area contributed by atoms with Crippen LogP contribution in [0.4, 0.5) is 8.78 Å². The molecule has 6 nitrogen and oxygen atoms in total. The minimum absolute atomic E-state index is 0.105. The molecule has 0 saturated carbocycles. The van der Waals surface area contributed by atoms with E-state index in [1.807, 2.05) is 0 Å². The maximum absolute atomic E-state index is 13.9. The van der Waals surface area contributed by atoms with Gasteiger partial charge in [-0.25, -0.2) is 13.8 Å². The van der Waals surface area contributed by atoms with Crippen LogP contribution in [0.1, 0.15) is 12.5 Å². The Morgan fingerprint density at radius 2 is 2.00 bits per heavy atom. The van der Waals surface area contributed by atoms with E-state index in [1.54, 1.807) is 30.5 Å². The van der Waals surface area contributed by atoms with Gasteiger partial charge in [0.15, 0.2) is 17.1 Å². The van der Waals surface area contributed by atoms with E-state index in [9.17, 15) is 13.6 Å². The zero-order chi connectivity index (χ0) is 20.1. The number of pyridine rings is 1. The summed E-state index contributed by atoms with van der Waals surface area (Å²) in [4.78, 5) is 21.3. The van der Waals surface area contributed by atoms with Gasteiger partial charge in [-0.15, -0.1) is 0 Å². The first kappa shape index (κ1) is 18.6. The Labute approximate surface area is 164 Å². The van der Waals surface area contributed by atoms with Gasteiger partial charge < -0.3 is 10.5 Å². The summed E-state index contributed by atoms with van der Waals surface area (Å²) in [5.41, 5.74) is 4.11. The van der Waals surface area contributed by atoms with Gasteiger partial charge in [0.2, 0.25) is 0 Å².